The zero-order valence-corrected chi connectivity index (χ0v) is 13.1. The molecule has 1 aromatic rings. The van der Waals surface area contributed by atoms with E-state index in [-0.39, 0.29) is 5.91 Å². The van der Waals surface area contributed by atoms with E-state index >= 15 is 0 Å². The molecule has 0 spiro atoms. The average molecular weight is 290 g/mol. The van der Waals surface area contributed by atoms with E-state index in [1.807, 2.05) is 12.1 Å². The number of carbonyl (C=O) groups is 1. The van der Waals surface area contributed by atoms with Crippen molar-refractivity contribution in [3.63, 3.8) is 0 Å². The fourth-order valence-electron chi connectivity index (χ4n) is 2.79. The van der Waals surface area contributed by atoms with Crippen molar-refractivity contribution in [3.05, 3.63) is 35.4 Å². The molecule has 0 unspecified atom stereocenters. The van der Waals surface area contributed by atoms with Gasteiger partial charge in [0.1, 0.15) is 0 Å². The lowest BCUT2D eigenvalue weighted by Gasteiger charge is -2.30. The number of likely N-dealkylation sites (tertiary alicyclic amines) is 1. The van der Waals surface area contributed by atoms with Gasteiger partial charge in [-0.25, -0.2) is 0 Å². The van der Waals surface area contributed by atoms with Gasteiger partial charge in [0.15, 0.2) is 0 Å². The first-order chi connectivity index (χ1) is 10.2. The number of amides is 1. The molecule has 1 amide bonds. The molecular weight excluding hydrogens is 264 g/mol. The van der Waals surface area contributed by atoms with E-state index in [2.05, 4.69) is 29.3 Å². The predicted octanol–water partition coefficient (Wildman–Crippen LogP) is 1.76. The van der Waals surface area contributed by atoms with E-state index < -0.39 is 0 Å². The van der Waals surface area contributed by atoms with E-state index in [9.17, 15) is 4.79 Å². The Balaban J connectivity index is 1.65. The Hall–Kier alpha value is -1.39. The standard InChI is InChI=1S/C17H26N2O2/c1-14-5-3-4-6-15(14)7-10-18-17(20)13-19-11-8-16(21-2)9-12-19/h3-6,16H,7-13H2,1-2H3,(H,18,20). The van der Waals surface area contributed by atoms with E-state index in [4.69, 9.17) is 4.74 Å². The van der Waals surface area contributed by atoms with E-state index in [1.165, 1.54) is 11.1 Å². The number of benzene rings is 1. The topological polar surface area (TPSA) is 41.6 Å². The molecule has 1 fully saturated rings. The summed E-state index contributed by atoms with van der Waals surface area (Å²) in [6.07, 6.45) is 3.30. The molecule has 0 bridgehead atoms. The van der Waals surface area contributed by atoms with Crippen LogP contribution in [0.1, 0.15) is 24.0 Å². The van der Waals surface area contributed by atoms with E-state index in [0.29, 0.717) is 19.2 Å². The summed E-state index contributed by atoms with van der Waals surface area (Å²) in [7, 11) is 1.76. The van der Waals surface area contributed by atoms with Crippen LogP contribution < -0.4 is 5.32 Å². The van der Waals surface area contributed by atoms with Crippen molar-refractivity contribution < 1.29 is 9.53 Å². The van der Waals surface area contributed by atoms with Crippen LogP contribution in [-0.4, -0.2) is 50.2 Å². The molecule has 2 rings (SSSR count). The molecule has 4 heteroatoms. The predicted molar refractivity (Wildman–Crippen MR) is 84.4 cm³/mol. The SMILES string of the molecule is COC1CCN(CC(=O)NCCc2ccccc2C)CC1. The van der Waals surface area contributed by atoms with Gasteiger partial charge in [-0.2, -0.15) is 0 Å². The molecule has 0 atom stereocenters. The third-order valence-corrected chi connectivity index (χ3v) is 4.21. The van der Waals surface area contributed by atoms with Gasteiger partial charge in [0.05, 0.1) is 12.6 Å². The molecule has 21 heavy (non-hydrogen) atoms. The average Bonchev–Trinajstić information content (AvgIpc) is 2.50. The third-order valence-electron chi connectivity index (χ3n) is 4.21. The molecule has 116 valence electrons. The van der Waals surface area contributed by atoms with Crippen molar-refractivity contribution in [2.45, 2.75) is 32.3 Å². The smallest absolute Gasteiger partial charge is 0.234 e. The maximum Gasteiger partial charge on any atom is 0.234 e. The molecule has 1 aromatic carbocycles. The Morgan fingerprint density at radius 1 is 1.33 bits per heavy atom. The first-order valence-corrected chi connectivity index (χ1v) is 7.75. The number of carbonyl (C=O) groups excluding carboxylic acids is 1. The fraction of sp³-hybridized carbons (Fsp3) is 0.588. The van der Waals surface area contributed by atoms with Gasteiger partial charge in [-0.15, -0.1) is 0 Å². The van der Waals surface area contributed by atoms with Crippen LogP contribution in [0.2, 0.25) is 0 Å². The number of nitrogens with one attached hydrogen (secondary N) is 1. The van der Waals surface area contributed by atoms with Gasteiger partial charge in [0, 0.05) is 26.7 Å². The number of methoxy groups -OCH3 is 1. The quantitative estimate of drug-likeness (QED) is 0.868. The summed E-state index contributed by atoms with van der Waals surface area (Å²) < 4.78 is 5.34. The zero-order chi connectivity index (χ0) is 15.1. The summed E-state index contributed by atoms with van der Waals surface area (Å²) in [6.45, 7) is 5.22. The highest BCUT2D eigenvalue weighted by molar-refractivity contribution is 5.78. The molecule has 0 saturated carbocycles. The first-order valence-electron chi connectivity index (χ1n) is 7.75. The lowest BCUT2D eigenvalue weighted by atomic mass is 10.1. The number of ether oxygens (including phenoxy) is 1. The Bertz CT molecular complexity index is 454. The van der Waals surface area contributed by atoms with E-state index in [1.54, 1.807) is 7.11 Å². The minimum atomic E-state index is 0.124. The van der Waals surface area contributed by atoms with Crippen LogP contribution in [0, 0.1) is 6.92 Å². The number of piperidine rings is 1. The van der Waals surface area contributed by atoms with Gasteiger partial charge in [-0.1, -0.05) is 24.3 Å². The van der Waals surface area contributed by atoms with Gasteiger partial charge >= 0.3 is 0 Å². The summed E-state index contributed by atoms with van der Waals surface area (Å²) in [5.41, 5.74) is 2.59. The zero-order valence-electron chi connectivity index (χ0n) is 13.1. The first kappa shape index (κ1) is 16.0. The second kappa shape index (κ2) is 8.15. The fourth-order valence-corrected chi connectivity index (χ4v) is 2.79. The maximum atomic E-state index is 12.0. The number of hydrogen-bond acceptors (Lipinski definition) is 3. The van der Waals surface area contributed by atoms with Gasteiger partial charge < -0.3 is 10.1 Å². The molecule has 1 saturated heterocycles. The van der Waals surface area contributed by atoms with Crippen LogP contribution in [0.15, 0.2) is 24.3 Å². The Kier molecular flexibility index (Phi) is 6.21. The van der Waals surface area contributed by atoms with Crippen LogP contribution in [0.4, 0.5) is 0 Å². The third kappa shape index (κ3) is 5.14. The van der Waals surface area contributed by atoms with Gasteiger partial charge in [0.2, 0.25) is 5.91 Å². The highest BCUT2D eigenvalue weighted by Gasteiger charge is 2.20. The number of nitrogens with zero attached hydrogens (tertiary/aromatic N) is 1. The monoisotopic (exact) mass is 290 g/mol. The summed E-state index contributed by atoms with van der Waals surface area (Å²) in [6, 6.07) is 8.32. The number of hydrogen-bond donors (Lipinski definition) is 1. The molecule has 1 aliphatic heterocycles. The minimum absolute atomic E-state index is 0.124. The maximum absolute atomic E-state index is 12.0. The lowest BCUT2D eigenvalue weighted by Crippen LogP contribution is -2.43. The summed E-state index contributed by atoms with van der Waals surface area (Å²) in [5.74, 6) is 0.124. The highest BCUT2D eigenvalue weighted by Crippen LogP contribution is 2.12. The normalized spacial score (nSPS) is 16.9. The molecule has 1 N–H and O–H groups in total. The largest absolute Gasteiger partial charge is 0.381 e. The molecule has 4 nitrogen and oxygen atoms in total. The Morgan fingerprint density at radius 2 is 2.05 bits per heavy atom. The van der Waals surface area contributed by atoms with Crippen molar-refractivity contribution in [1.82, 2.24) is 10.2 Å². The van der Waals surface area contributed by atoms with E-state index in [0.717, 1.165) is 32.4 Å². The van der Waals surface area contributed by atoms with Crippen LogP contribution in [0.25, 0.3) is 0 Å². The molecule has 1 heterocycles. The summed E-state index contributed by atoms with van der Waals surface area (Å²) >= 11 is 0. The second-order valence-electron chi connectivity index (χ2n) is 5.74. The van der Waals surface area contributed by atoms with Crippen LogP contribution in [0.3, 0.4) is 0 Å². The van der Waals surface area contributed by atoms with Crippen LogP contribution in [0.5, 0.6) is 0 Å². The number of rotatable bonds is 6. The number of aryl methyl sites for hydroxylation is 1. The molecule has 0 aromatic heterocycles. The molecule has 1 aliphatic rings. The van der Waals surface area contributed by atoms with Crippen molar-refractivity contribution in [3.8, 4) is 0 Å². The van der Waals surface area contributed by atoms with Gasteiger partial charge in [0.25, 0.3) is 0 Å². The lowest BCUT2D eigenvalue weighted by molar-refractivity contribution is -0.122. The van der Waals surface area contributed by atoms with Crippen molar-refractivity contribution in [1.29, 1.82) is 0 Å². The molecular formula is C17H26N2O2. The summed E-state index contributed by atoms with van der Waals surface area (Å²) in [4.78, 5) is 14.2. The highest BCUT2D eigenvalue weighted by atomic mass is 16.5. The van der Waals surface area contributed by atoms with Crippen LogP contribution in [-0.2, 0) is 16.0 Å². The van der Waals surface area contributed by atoms with Crippen molar-refractivity contribution >= 4 is 5.91 Å². The van der Waals surface area contributed by atoms with Crippen LogP contribution >= 0.6 is 0 Å². The molecule has 0 aliphatic carbocycles. The second-order valence-corrected chi connectivity index (χ2v) is 5.74. The molecule has 0 radical (unpaired) electrons. The minimum Gasteiger partial charge on any atom is -0.381 e. The van der Waals surface area contributed by atoms with Crippen molar-refractivity contribution in [2.24, 2.45) is 0 Å². The van der Waals surface area contributed by atoms with Crippen molar-refractivity contribution in [2.75, 3.05) is 33.3 Å². The van der Waals surface area contributed by atoms with Gasteiger partial charge in [-0.3, -0.25) is 9.69 Å². The Labute approximate surface area is 127 Å². The van der Waals surface area contributed by atoms with Gasteiger partial charge in [-0.05, 0) is 37.3 Å². The summed E-state index contributed by atoms with van der Waals surface area (Å²) in [5, 5.41) is 3.02. The Morgan fingerprint density at radius 3 is 2.71 bits per heavy atom.